The highest BCUT2D eigenvalue weighted by Gasteiger charge is 2.57. The van der Waals surface area contributed by atoms with Gasteiger partial charge in [-0.25, -0.2) is 0 Å². The van der Waals surface area contributed by atoms with Crippen molar-refractivity contribution < 1.29 is 19.2 Å². The quantitative estimate of drug-likeness (QED) is 0.393. The van der Waals surface area contributed by atoms with E-state index in [-0.39, 0.29) is 34.3 Å². The maximum atomic E-state index is 13.1. The van der Waals surface area contributed by atoms with E-state index in [2.05, 4.69) is 0 Å². The molecular weight excluding hydrogens is 542 g/mol. The fraction of sp³-hybridized carbons (Fsp3) is 0.143. The molecule has 0 N–H and O–H groups in total. The van der Waals surface area contributed by atoms with Crippen LogP contribution in [0.2, 0.25) is 20.1 Å². The Hall–Kier alpha value is -2.76. The molecule has 0 bridgehead atoms. The van der Waals surface area contributed by atoms with Gasteiger partial charge in [-0.15, -0.1) is 0 Å². The normalized spacial score (nSPS) is 25.6. The molecule has 0 saturated heterocycles. The van der Waals surface area contributed by atoms with Crippen LogP contribution in [0.15, 0.2) is 84.0 Å². The van der Waals surface area contributed by atoms with E-state index in [9.17, 15) is 19.2 Å². The van der Waals surface area contributed by atoms with Crippen LogP contribution in [0.4, 0.5) is 0 Å². The van der Waals surface area contributed by atoms with E-state index >= 15 is 0 Å². The van der Waals surface area contributed by atoms with Crippen molar-refractivity contribution in [2.24, 2.45) is 11.8 Å². The van der Waals surface area contributed by atoms with Gasteiger partial charge in [0.2, 0.25) is 0 Å². The maximum absolute atomic E-state index is 13.1. The molecule has 180 valence electrons. The summed E-state index contributed by atoms with van der Waals surface area (Å²) >= 11 is 25.9. The third kappa shape index (κ3) is 4.33. The summed E-state index contributed by atoms with van der Waals surface area (Å²) in [4.78, 5) is 50.8. The van der Waals surface area contributed by atoms with Gasteiger partial charge in [0.05, 0.1) is 0 Å². The Labute approximate surface area is 226 Å². The van der Waals surface area contributed by atoms with Gasteiger partial charge in [0.15, 0.2) is 23.1 Å². The van der Waals surface area contributed by atoms with Crippen molar-refractivity contribution in [3.63, 3.8) is 0 Å². The highest BCUT2D eigenvalue weighted by Crippen LogP contribution is 2.65. The number of rotatable bonds is 4. The van der Waals surface area contributed by atoms with Crippen molar-refractivity contribution in [3.05, 3.63) is 115 Å². The van der Waals surface area contributed by atoms with Crippen LogP contribution < -0.4 is 0 Å². The molecule has 4 nitrogen and oxygen atoms in total. The Kier molecular flexibility index (Phi) is 6.65. The molecular formula is C28H16Cl4O4. The summed E-state index contributed by atoms with van der Waals surface area (Å²) < 4.78 is 0. The van der Waals surface area contributed by atoms with E-state index < -0.39 is 23.7 Å². The summed E-state index contributed by atoms with van der Waals surface area (Å²) in [6, 6.07) is 9.91. The fourth-order valence-electron chi connectivity index (χ4n) is 5.41. The van der Waals surface area contributed by atoms with Crippen molar-refractivity contribution >= 4 is 69.5 Å². The van der Waals surface area contributed by atoms with Gasteiger partial charge in [0.1, 0.15) is 0 Å². The first kappa shape index (κ1) is 24.9. The number of carbonyl (C=O) groups is 4. The van der Waals surface area contributed by atoms with Crippen molar-refractivity contribution in [2.45, 2.75) is 11.8 Å². The lowest BCUT2D eigenvalue weighted by Crippen LogP contribution is -2.48. The van der Waals surface area contributed by atoms with Gasteiger partial charge in [-0.2, -0.15) is 0 Å². The van der Waals surface area contributed by atoms with Crippen molar-refractivity contribution in [2.75, 3.05) is 0 Å². The number of ketones is 4. The highest BCUT2D eigenvalue weighted by molar-refractivity contribution is 6.34. The van der Waals surface area contributed by atoms with E-state index in [1.54, 1.807) is 36.4 Å². The Balaban J connectivity index is 1.78. The molecule has 0 unspecified atom stereocenters. The molecule has 0 atom stereocenters. The first-order valence-electron chi connectivity index (χ1n) is 11.0. The van der Waals surface area contributed by atoms with E-state index in [1.807, 2.05) is 0 Å². The minimum atomic E-state index is -0.599. The molecule has 36 heavy (non-hydrogen) atoms. The Bertz CT molecular complexity index is 1360. The molecule has 0 heterocycles. The molecule has 3 aliphatic carbocycles. The van der Waals surface area contributed by atoms with Crippen LogP contribution in [-0.2, 0) is 19.2 Å². The topological polar surface area (TPSA) is 68.3 Å². The van der Waals surface area contributed by atoms with Crippen LogP contribution in [0.1, 0.15) is 23.0 Å². The second-order valence-electron chi connectivity index (χ2n) is 8.83. The molecule has 5 rings (SSSR count). The second kappa shape index (κ2) is 9.60. The first-order chi connectivity index (χ1) is 17.2. The second-order valence-corrected chi connectivity index (χ2v) is 10.5. The SMILES string of the molecule is O=C1C=CC(=O)C(C2C(c3cc(Cl)ccc3Cl)C(C3=CC(=O)C=CC3=O)C2c2cc(Cl)ccc2Cl)=C1. The summed E-state index contributed by atoms with van der Waals surface area (Å²) in [5, 5.41) is 1.59. The monoisotopic (exact) mass is 556 g/mol. The van der Waals surface area contributed by atoms with Gasteiger partial charge in [-0.3, -0.25) is 19.2 Å². The largest absolute Gasteiger partial charge is 0.290 e. The minimum absolute atomic E-state index is 0.270. The zero-order chi connectivity index (χ0) is 25.7. The molecule has 0 aromatic heterocycles. The summed E-state index contributed by atoms with van der Waals surface area (Å²) in [7, 11) is 0. The van der Waals surface area contributed by atoms with Gasteiger partial charge in [-0.1, -0.05) is 46.4 Å². The Morgan fingerprint density at radius 2 is 0.889 bits per heavy atom. The molecule has 1 saturated carbocycles. The maximum Gasteiger partial charge on any atom is 0.182 e. The average molecular weight is 558 g/mol. The van der Waals surface area contributed by atoms with E-state index in [1.165, 1.54) is 36.5 Å². The lowest BCUT2D eigenvalue weighted by molar-refractivity contribution is -0.116. The number of allylic oxidation sites excluding steroid dienone is 8. The molecule has 2 aromatic rings. The summed E-state index contributed by atoms with van der Waals surface area (Å²) in [5.74, 6) is -3.62. The number of halogens is 4. The predicted molar refractivity (Wildman–Crippen MR) is 140 cm³/mol. The van der Waals surface area contributed by atoms with Gasteiger partial charge >= 0.3 is 0 Å². The summed E-state index contributed by atoms with van der Waals surface area (Å²) in [6.45, 7) is 0. The lowest BCUT2D eigenvalue weighted by Gasteiger charge is -2.54. The lowest BCUT2D eigenvalue weighted by atomic mass is 9.47. The fourth-order valence-corrected chi connectivity index (χ4v) is 6.26. The summed E-state index contributed by atoms with van der Waals surface area (Å²) in [5.41, 5.74) is 1.73. The van der Waals surface area contributed by atoms with Crippen LogP contribution >= 0.6 is 46.4 Å². The Morgan fingerprint density at radius 3 is 1.28 bits per heavy atom. The van der Waals surface area contributed by atoms with E-state index in [0.717, 1.165) is 0 Å². The van der Waals surface area contributed by atoms with Crippen molar-refractivity contribution in [1.82, 2.24) is 0 Å². The number of hydrogen-bond donors (Lipinski definition) is 0. The van der Waals surface area contributed by atoms with Crippen molar-refractivity contribution in [1.29, 1.82) is 0 Å². The Morgan fingerprint density at radius 1 is 0.500 bits per heavy atom. The molecule has 0 radical (unpaired) electrons. The van der Waals surface area contributed by atoms with Crippen LogP contribution in [-0.4, -0.2) is 23.1 Å². The predicted octanol–water partition coefficient (Wildman–Crippen LogP) is 6.68. The third-order valence-electron chi connectivity index (χ3n) is 6.86. The molecule has 0 aliphatic heterocycles. The molecule has 8 heteroatoms. The molecule has 3 aliphatic rings. The average Bonchev–Trinajstić information content (AvgIpc) is 2.82. The number of benzene rings is 2. The zero-order valence-corrected chi connectivity index (χ0v) is 21.4. The van der Waals surface area contributed by atoms with Gasteiger partial charge < -0.3 is 0 Å². The zero-order valence-electron chi connectivity index (χ0n) is 18.4. The van der Waals surface area contributed by atoms with E-state index in [0.29, 0.717) is 31.2 Å². The standard InChI is InChI=1S/C28H16Cl4O4/c29-13-1-5-21(31)17(9-13)25-27(19-11-15(33)3-7-23(19)35)26(18-10-14(30)2-6-22(18)32)28(25)20-12-16(34)4-8-24(20)36/h1-12,25-28H. The van der Waals surface area contributed by atoms with Crippen LogP contribution in [0.5, 0.6) is 0 Å². The van der Waals surface area contributed by atoms with Crippen LogP contribution in [0, 0.1) is 11.8 Å². The molecule has 0 amide bonds. The van der Waals surface area contributed by atoms with Crippen LogP contribution in [0.25, 0.3) is 0 Å². The third-order valence-corrected chi connectivity index (χ3v) is 8.02. The van der Waals surface area contributed by atoms with Crippen molar-refractivity contribution in [3.8, 4) is 0 Å². The van der Waals surface area contributed by atoms with Gasteiger partial charge in [-0.05, 0) is 84.0 Å². The van der Waals surface area contributed by atoms with Crippen LogP contribution in [0.3, 0.4) is 0 Å². The minimum Gasteiger partial charge on any atom is -0.290 e. The molecule has 2 aromatic carbocycles. The molecule has 0 spiro atoms. The smallest absolute Gasteiger partial charge is 0.182 e. The first-order valence-corrected chi connectivity index (χ1v) is 12.5. The molecule has 1 fully saturated rings. The number of hydrogen-bond acceptors (Lipinski definition) is 4. The number of carbonyl (C=O) groups excluding carboxylic acids is 4. The summed E-state index contributed by atoms with van der Waals surface area (Å²) in [6.07, 6.45) is 7.50. The van der Waals surface area contributed by atoms with Gasteiger partial charge in [0, 0.05) is 54.9 Å². The van der Waals surface area contributed by atoms with Gasteiger partial charge in [0.25, 0.3) is 0 Å². The highest BCUT2D eigenvalue weighted by atomic mass is 35.5. The van der Waals surface area contributed by atoms with E-state index in [4.69, 9.17) is 46.4 Å².